The molecule has 9 atom stereocenters. The highest BCUT2D eigenvalue weighted by Crippen LogP contribution is 2.77. The Hall–Kier alpha value is -0.990. The highest BCUT2D eigenvalue weighted by Gasteiger charge is 2.72. The first-order chi connectivity index (χ1) is 15.2. The molecule has 0 aromatic rings. The molecule has 3 heteroatoms. The highest BCUT2D eigenvalue weighted by atomic mass is 16.1. The largest absolute Gasteiger partial charge is 0.303 e. The van der Waals surface area contributed by atoms with Crippen LogP contribution in [-0.4, -0.2) is 17.9 Å². The zero-order valence-electron chi connectivity index (χ0n) is 22.2. The van der Waals surface area contributed by atoms with Gasteiger partial charge in [-0.05, 0) is 90.8 Å². The Morgan fingerprint density at radius 2 is 1.42 bits per heavy atom. The van der Waals surface area contributed by atoms with Gasteiger partial charge in [-0.3, -0.25) is 9.59 Å². The summed E-state index contributed by atoms with van der Waals surface area (Å²) in [5.41, 5.74) is -0.215. The molecule has 184 valence electrons. The van der Waals surface area contributed by atoms with Crippen molar-refractivity contribution in [2.45, 2.75) is 113 Å². The van der Waals surface area contributed by atoms with Gasteiger partial charge in [-0.2, -0.15) is 0 Å². The van der Waals surface area contributed by atoms with E-state index in [0.717, 1.165) is 57.8 Å². The Morgan fingerprint density at radius 1 is 0.788 bits per heavy atom. The lowest BCUT2D eigenvalue weighted by molar-refractivity contribution is -0.248. The number of rotatable bonds is 1. The average Bonchev–Trinajstić information content (AvgIpc) is 2.75. The number of fused-ring (bicyclic) bond motifs is 7. The lowest BCUT2D eigenvalue weighted by Gasteiger charge is -2.74. The third-order valence-corrected chi connectivity index (χ3v) is 13.4. The fraction of sp³-hybridized carbons (Fsp3) is 0.900. The highest BCUT2D eigenvalue weighted by molar-refractivity contribution is 5.86. The normalized spacial score (nSPS) is 55.6. The summed E-state index contributed by atoms with van der Waals surface area (Å²) in [6, 6.07) is 0. The predicted octanol–water partition coefficient (Wildman–Crippen LogP) is 6.82. The molecule has 5 aliphatic carbocycles. The van der Waals surface area contributed by atoms with E-state index >= 15 is 0 Å². The average molecular weight is 455 g/mol. The van der Waals surface area contributed by atoms with Gasteiger partial charge >= 0.3 is 0 Å². The monoisotopic (exact) mass is 454 g/mol. The van der Waals surface area contributed by atoms with Crippen LogP contribution < -0.4 is 0 Å². The number of aldehydes is 1. The summed E-state index contributed by atoms with van der Waals surface area (Å²) < 4.78 is 0. The molecular formula is C30H46O3. The van der Waals surface area contributed by atoms with Crippen molar-refractivity contribution in [2.24, 2.45) is 56.2 Å². The van der Waals surface area contributed by atoms with Crippen molar-refractivity contribution in [3.05, 3.63) is 0 Å². The van der Waals surface area contributed by atoms with Crippen LogP contribution in [0.1, 0.15) is 113 Å². The second-order valence-electron chi connectivity index (χ2n) is 14.8. The molecule has 0 heterocycles. The van der Waals surface area contributed by atoms with Crippen LogP contribution in [-0.2, 0) is 14.4 Å². The molecule has 0 N–H and O–H groups in total. The molecule has 5 rings (SSSR count). The summed E-state index contributed by atoms with van der Waals surface area (Å²) >= 11 is 0. The van der Waals surface area contributed by atoms with E-state index in [2.05, 4.69) is 48.5 Å². The second-order valence-corrected chi connectivity index (χ2v) is 14.8. The van der Waals surface area contributed by atoms with E-state index in [1.54, 1.807) is 0 Å². The summed E-state index contributed by atoms with van der Waals surface area (Å²) in [6.45, 7) is 16.2. The van der Waals surface area contributed by atoms with Crippen molar-refractivity contribution in [3.8, 4) is 0 Å². The zero-order valence-corrected chi connectivity index (χ0v) is 22.2. The summed E-state index contributed by atoms with van der Waals surface area (Å²) in [6.07, 6.45) is 11.1. The molecule has 0 aliphatic heterocycles. The lowest BCUT2D eigenvalue weighted by atomic mass is 9.30. The van der Waals surface area contributed by atoms with Crippen LogP contribution in [0.2, 0.25) is 0 Å². The van der Waals surface area contributed by atoms with Gasteiger partial charge in [0.25, 0.3) is 0 Å². The van der Waals surface area contributed by atoms with Gasteiger partial charge in [0.2, 0.25) is 0 Å². The van der Waals surface area contributed by atoms with Crippen molar-refractivity contribution in [1.29, 1.82) is 0 Å². The smallest absolute Gasteiger partial charge is 0.139 e. The van der Waals surface area contributed by atoms with Crippen LogP contribution in [0.15, 0.2) is 0 Å². The minimum atomic E-state index is -0.288. The standard InChI is InChI=1S/C30H46O3/c1-19-20(32)8-9-21-27(19,5)11-10-22-28(6)13-12-26(4)17-24(33)25(2,3)16-23(26)29(28,7)14-15-30(21,22)18-31/h18-19,21-23H,8-17H2,1-7H3/t19-,21+,22+,23+,26-,27+,28+,29-,30+/m0/s1. The Labute approximate surface area is 201 Å². The topological polar surface area (TPSA) is 51.2 Å². The molecule has 0 unspecified atom stereocenters. The Kier molecular flexibility index (Phi) is 4.90. The number of hydrogen-bond acceptors (Lipinski definition) is 3. The Bertz CT molecular complexity index is 904. The van der Waals surface area contributed by atoms with Gasteiger partial charge in [-0.15, -0.1) is 0 Å². The molecule has 0 aromatic heterocycles. The minimum Gasteiger partial charge on any atom is -0.303 e. The number of carbonyl (C=O) groups is 3. The first-order valence-corrected chi connectivity index (χ1v) is 13.7. The summed E-state index contributed by atoms with van der Waals surface area (Å²) in [5, 5.41) is 0. The molecule has 33 heavy (non-hydrogen) atoms. The maximum atomic E-state index is 13.2. The van der Waals surface area contributed by atoms with E-state index in [1.807, 2.05) is 0 Å². The van der Waals surface area contributed by atoms with Gasteiger partial charge in [0.15, 0.2) is 0 Å². The molecule has 0 aromatic carbocycles. The van der Waals surface area contributed by atoms with Crippen LogP contribution in [0.4, 0.5) is 0 Å². The predicted molar refractivity (Wildman–Crippen MR) is 131 cm³/mol. The second kappa shape index (κ2) is 6.82. The van der Waals surface area contributed by atoms with Crippen LogP contribution in [0.5, 0.6) is 0 Å². The van der Waals surface area contributed by atoms with E-state index in [-0.39, 0.29) is 38.4 Å². The van der Waals surface area contributed by atoms with Crippen molar-refractivity contribution in [3.63, 3.8) is 0 Å². The van der Waals surface area contributed by atoms with Gasteiger partial charge in [-0.1, -0.05) is 48.5 Å². The maximum absolute atomic E-state index is 13.2. The first kappa shape index (κ1) is 23.7. The third-order valence-electron chi connectivity index (χ3n) is 13.4. The summed E-state index contributed by atoms with van der Waals surface area (Å²) in [5.74, 6) is 2.16. The number of carbonyl (C=O) groups excluding carboxylic acids is 3. The molecule has 0 bridgehead atoms. The van der Waals surface area contributed by atoms with Gasteiger partial charge < -0.3 is 4.79 Å². The molecular weight excluding hydrogens is 408 g/mol. The van der Waals surface area contributed by atoms with E-state index in [9.17, 15) is 14.4 Å². The van der Waals surface area contributed by atoms with Gasteiger partial charge in [-0.25, -0.2) is 0 Å². The van der Waals surface area contributed by atoms with Gasteiger partial charge in [0.05, 0.1) is 0 Å². The molecule has 5 aliphatic rings. The SMILES string of the molecule is C[C@H]1C(=O)CC[C@@H]2[C@]1(C)CC[C@H]1[C@@]2(C=O)CC[C@@]2(C)[C@@H]3CC(C)(C)C(=O)C[C@]3(C)CC[C@]12C. The third kappa shape index (κ3) is 2.72. The Morgan fingerprint density at radius 3 is 2.09 bits per heavy atom. The minimum absolute atomic E-state index is 0.0424. The fourth-order valence-corrected chi connectivity index (χ4v) is 10.8. The van der Waals surface area contributed by atoms with Gasteiger partial charge in [0.1, 0.15) is 17.9 Å². The van der Waals surface area contributed by atoms with E-state index in [0.29, 0.717) is 35.7 Å². The molecule has 0 radical (unpaired) electrons. The molecule has 0 saturated heterocycles. The van der Waals surface area contributed by atoms with Crippen molar-refractivity contribution in [2.75, 3.05) is 0 Å². The maximum Gasteiger partial charge on any atom is 0.139 e. The van der Waals surface area contributed by atoms with E-state index < -0.39 is 0 Å². The van der Waals surface area contributed by atoms with Crippen molar-refractivity contribution >= 4 is 17.9 Å². The molecule has 5 fully saturated rings. The number of Topliss-reactive ketones (excluding diaryl/α,β-unsaturated/α-hetero) is 2. The fourth-order valence-electron chi connectivity index (χ4n) is 10.8. The van der Waals surface area contributed by atoms with Crippen LogP contribution in [0.25, 0.3) is 0 Å². The quantitative estimate of drug-likeness (QED) is 0.409. The number of ketones is 2. The van der Waals surface area contributed by atoms with Crippen LogP contribution in [0.3, 0.4) is 0 Å². The van der Waals surface area contributed by atoms with Crippen molar-refractivity contribution < 1.29 is 14.4 Å². The lowest BCUT2D eigenvalue weighted by Crippen LogP contribution is -2.69. The Balaban J connectivity index is 1.58. The first-order valence-electron chi connectivity index (χ1n) is 13.7. The molecule has 0 spiro atoms. The van der Waals surface area contributed by atoms with E-state index in [1.165, 1.54) is 6.29 Å². The summed E-state index contributed by atoms with van der Waals surface area (Å²) in [7, 11) is 0. The van der Waals surface area contributed by atoms with Crippen molar-refractivity contribution in [1.82, 2.24) is 0 Å². The number of hydrogen-bond donors (Lipinski definition) is 0. The molecule has 5 saturated carbocycles. The zero-order chi connectivity index (χ0) is 24.2. The molecule has 3 nitrogen and oxygen atoms in total. The summed E-state index contributed by atoms with van der Waals surface area (Å²) in [4.78, 5) is 38.9. The van der Waals surface area contributed by atoms with Crippen LogP contribution >= 0.6 is 0 Å². The molecule has 0 amide bonds. The van der Waals surface area contributed by atoms with Crippen LogP contribution in [0, 0.1) is 56.2 Å². The van der Waals surface area contributed by atoms with E-state index in [4.69, 9.17) is 0 Å². The van der Waals surface area contributed by atoms with Gasteiger partial charge in [0, 0.05) is 29.6 Å².